The lowest BCUT2D eigenvalue weighted by Gasteiger charge is -2.15. The van der Waals surface area contributed by atoms with Gasteiger partial charge >= 0.3 is 0 Å². The third kappa shape index (κ3) is 3.84. The number of hydrogen-bond acceptors (Lipinski definition) is 5. The highest BCUT2D eigenvalue weighted by Gasteiger charge is 2.20. The van der Waals surface area contributed by atoms with Gasteiger partial charge in [0.1, 0.15) is 22.4 Å². The molecule has 0 aliphatic heterocycles. The topological polar surface area (TPSA) is 73.2 Å². The Balaban J connectivity index is 1.50. The summed E-state index contributed by atoms with van der Waals surface area (Å²) in [5.41, 5.74) is 1.34. The fourth-order valence-electron chi connectivity index (χ4n) is 3.13. The Labute approximate surface area is 177 Å². The summed E-state index contributed by atoms with van der Waals surface area (Å²) in [5.74, 6) is 1.12. The second kappa shape index (κ2) is 8.12. The molecule has 0 saturated heterocycles. The van der Waals surface area contributed by atoms with Crippen LogP contribution in [0.2, 0.25) is 0 Å². The van der Waals surface area contributed by atoms with Crippen molar-refractivity contribution in [3.05, 3.63) is 81.7 Å². The minimum absolute atomic E-state index is 0.198. The number of rotatable bonds is 5. The number of hydrogen-bond donors (Lipinski definition) is 1. The van der Waals surface area contributed by atoms with Crippen molar-refractivity contribution in [2.75, 3.05) is 5.32 Å². The van der Waals surface area contributed by atoms with Crippen LogP contribution in [0.15, 0.2) is 65.7 Å². The second-order valence-electron chi connectivity index (χ2n) is 7.03. The number of nitrogens with zero attached hydrogens (tertiary/aromatic N) is 2. The second-order valence-corrected chi connectivity index (χ2v) is 8.23. The smallest absolute Gasteiger partial charge is 0.263 e. The summed E-state index contributed by atoms with van der Waals surface area (Å²) in [7, 11) is 0. The molecule has 0 spiro atoms. The molecule has 4 rings (SSSR count). The molecule has 0 saturated carbocycles. The van der Waals surface area contributed by atoms with Crippen molar-refractivity contribution in [3.63, 3.8) is 0 Å². The zero-order valence-corrected chi connectivity index (χ0v) is 17.7. The molecule has 0 fully saturated rings. The van der Waals surface area contributed by atoms with E-state index in [1.807, 2.05) is 44.2 Å². The summed E-state index contributed by atoms with van der Waals surface area (Å²) in [6.07, 6.45) is 1.45. The fraction of sp³-hybridized carbons (Fsp3) is 0.174. The highest BCUT2D eigenvalue weighted by molar-refractivity contribution is 7.18. The van der Waals surface area contributed by atoms with Crippen molar-refractivity contribution in [1.29, 1.82) is 0 Å². The van der Waals surface area contributed by atoms with Gasteiger partial charge in [0, 0.05) is 10.6 Å². The van der Waals surface area contributed by atoms with Crippen molar-refractivity contribution < 1.29 is 9.53 Å². The van der Waals surface area contributed by atoms with Crippen LogP contribution in [0.3, 0.4) is 0 Å². The van der Waals surface area contributed by atoms with E-state index in [0.29, 0.717) is 21.7 Å². The number of para-hydroxylation sites is 1. The van der Waals surface area contributed by atoms with Gasteiger partial charge in [-0.1, -0.05) is 18.2 Å². The highest BCUT2D eigenvalue weighted by atomic mass is 32.1. The van der Waals surface area contributed by atoms with Crippen molar-refractivity contribution in [2.45, 2.75) is 26.8 Å². The highest BCUT2D eigenvalue weighted by Crippen LogP contribution is 2.26. The Morgan fingerprint density at radius 3 is 2.43 bits per heavy atom. The van der Waals surface area contributed by atoms with Gasteiger partial charge < -0.3 is 10.1 Å². The van der Waals surface area contributed by atoms with Crippen molar-refractivity contribution in [1.82, 2.24) is 9.55 Å². The summed E-state index contributed by atoms with van der Waals surface area (Å²) in [6.45, 7) is 5.56. The van der Waals surface area contributed by atoms with Gasteiger partial charge in [0.15, 0.2) is 0 Å². The summed E-state index contributed by atoms with van der Waals surface area (Å²) < 4.78 is 7.14. The molecule has 0 aliphatic rings. The van der Waals surface area contributed by atoms with E-state index in [2.05, 4.69) is 10.3 Å². The first-order valence-electron chi connectivity index (χ1n) is 9.54. The molecule has 4 aromatic rings. The summed E-state index contributed by atoms with van der Waals surface area (Å²) in [6, 6.07) is 15.9. The van der Waals surface area contributed by atoms with E-state index in [4.69, 9.17) is 4.74 Å². The lowest BCUT2D eigenvalue weighted by Crippen LogP contribution is -2.31. The Kier molecular flexibility index (Phi) is 5.37. The molecule has 2 heterocycles. The largest absolute Gasteiger partial charge is 0.457 e. The van der Waals surface area contributed by atoms with Crippen LogP contribution in [0.25, 0.3) is 10.2 Å². The first-order valence-corrected chi connectivity index (χ1v) is 10.4. The molecule has 7 heteroatoms. The lowest BCUT2D eigenvalue weighted by molar-refractivity contribution is -0.118. The van der Waals surface area contributed by atoms with E-state index < -0.39 is 6.04 Å². The Morgan fingerprint density at radius 2 is 1.73 bits per heavy atom. The van der Waals surface area contributed by atoms with Gasteiger partial charge in [-0.2, -0.15) is 0 Å². The number of thiophene rings is 1. The summed E-state index contributed by atoms with van der Waals surface area (Å²) >= 11 is 1.49. The normalized spacial score (nSPS) is 12.0. The molecule has 30 heavy (non-hydrogen) atoms. The Bertz CT molecular complexity index is 1260. The number of carbonyl (C=O) groups is 1. The summed E-state index contributed by atoms with van der Waals surface area (Å²) in [5, 5.41) is 3.43. The number of ether oxygens (including phenoxy) is 1. The molecule has 2 aromatic heterocycles. The summed E-state index contributed by atoms with van der Waals surface area (Å²) in [4.78, 5) is 31.8. The van der Waals surface area contributed by atoms with E-state index in [1.54, 1.807) is 31.2 Å². The SMILES string of the molecule is Cc1sc2ncn(C(C)C(=O)Nc3ccc(Oc4ccccc4)cc3)c(=O)c2c1C. The molecule has 0 bridgehead atoms. The van der Waals surface area contributed by atoms with Crippen LogP contribution in [0.1, 0.15) is 23.4 Å². The molecular weight excluding hydrogens is 398 g/mol. The molecule has 1 unspecified atom stereocenters. The molecule has 152 valence electrons. The van der Waals surface area contributed by atoms with Gasteiger partial charge in [-0.3, -0.25) is 14.2 Å². The lowest BCUT2D eigenvalue weighted by atomic mass is 10.2. The van der Waals surface area contributed by atoms with Gasteiger partial charge in [0.2, 0.25) is 5.91 Å². The van der Waals surface area contributed by atoms with Gasteiger partial charge in [-0.25, -0.2) is 4.98 Å². The van der Waals surface area contributed by atoms with Crippen LogP contribution < -0.4 is 15.6 Å². The average molecular weight is 420 g/mol. The van der Waals surface area contributed by atoms with Crippen LogP contribution in [-0.4, -0.2) is 15.5 Å². The van der Waals surface area contributed by atoms with Crippen molar-refractivity contribution >= 4 is 33.1 Å². The fourth-order valence-corrected chi connectivity index (χ4v) is 4.12. The molecular formula is C23H21N3O3S. The maximum Gasteiger partial charge on any atom is 0.263 e. The number of carbonyl (C=O) groups excluding carboxylic acids is 1. The minimum atomic E-state index is -0.700. The first-order chi connectivity index (χ1) is 14.4. The number of nitrogens with one attached hydrogen (secondary N) is 1. The van der Waals surface area contributed by atoms with Crippen LogP contribution >= 0.6 is 11.3 Å². The first kappa shape index (κ1) is 19.8. The van der Waals surface area contributed by atoms with Crippen LogP contribution in [0.4, 0.5) is 5.69 Å². The number of fused-ring (bicyclic) bond motifs is 1. The van der Waals surface area contributed by atoms with Crippen LogP contribution in [-0.2, 0) is 4.79 Å². The number of benzene rings is 2. The van der Waals surface area contributed by atoms with Gasteiger partial charge in [-0.05, 0) is 62.7 Å². The maximum atomic E-state index is 12.9. The zero-order valence-electron chi connectivity index (χ0n) is 16.9. The number of aromatic nitrogens is 2. The third-order valence-electron chi connectivity index (χ3n) is 5.01. The Hall–Kier alpha value is -3.45. The van der Waals surface area contributed by atoms with Gasteiger partial charge in [0.05, 0.1) is 11.7 Å². The maximum absolute atomic E-state index is 12.9. The quantitative estimate of drug-likeness (QED) is 0.490. The Morgan fingerprint density at radius 1 is 1.07 bits per heavy atom. The van der Waals surface area contributed by atoms with Crippen LogP contribution in [0, 0.1) is 13.8 Å². The molecule has 2 aromatic carbocycles. The monoisotopic (exact) mass is 419 g/mol. The number of anilines is 1. The molecule has 0 aliphatic carbocycles. The number of amides is 1. The van der Waals surface area contributed by atoms with Crippen LogP contribution in [0.5, 0.6) is 11.5 Å². The predicted molar refractivity (Wildman–Crippen MR) is 120 cm³/mol. The van der Waals surface area contributed by atoms with E-state index in [9.17, 15) is 9.59 Å². The van der Waals surface area contributed by atoms with E-state index >= 15 is 0 Å². The zero-order chi connectivity index (χ0) is 21.3. The molecule has 1 atom stereocenters. The molecule has 6 nitrogen and oxygen atoms in total. The molecule has 0 radical (unpaired) electrons. The van der Waals surface area contributed by atoms with E-state index in [1.165, 1.54) is 22.2 Å². The number of aryl methyl sites for hydroxylation is 2. The van der Waals surface area contributed by atoms with E-state index in [0.717, 1.165) is 16.2 Å². The predicted octanol–water partition coefficient (Wildman–Crippen LogP) is 5.07. The molecule has 1 amide bonds. The van der Waals surface area contributed by atoms with Gasteiger partial charge in [0.25, 0.3) is 5.56 Å². The molecule has 1 N–H and O–H groups in total. The van der Waals surface area contributed by atoms with Crippen molar-refractivity contribution in [3.8, 4) is 11.5 Å². The van der Waals surface area contributed by atoms with E-state index in [-0.39, 0.29) is 11.5 Å². The van der Waals surface area contributed by atoms with Gasteiger partial charge in [-0.15, -0.1) is 11.3 Å². The standard InChI is InChI=1S/C23H21N3O3S/c1-14-16(3)30-22-20(14)23(28)26(13-24-22)15(2)21(27)25-17-9-11-19(12-10-17)29-18-7-5-4-6-8-18/h4-13,15H,1-3H3,(H,25,27). The third-order valence-corrected chi connectivity index (χ3v) is 6.13. The van der Waals surface area contributed by atoms with Crippen molar-refractivity contribution in [2.24, 2.45) is 0 Å². The minimum Gasteiger partial charge on any atom is -0.457 e. The average Bonchev–Trinajstić information content (AvgIpc) is 3.04.